The highest BCUT2D eigenvalue weighted by atomic mass is 32.1. The summed E-state index contributed by atoms with van der Waals surface area (Å²) in [6.45, 7) is 6.69. The molecule has 0 amide bonds. The van der Waals surface area contributed by atoms with Gasteiger partial charge in [0.2, 0.25) is 0 Å². The third-order valence-electron chi connectivity index (χ3n) is 2.32. The molecule has 1 aromatic heterocycles. The Labute approximate surface area is 102 Å². The Morgan fingerprint density at radius 1 is 1.50 bits per heavy atom. The van der Waals surface area contributed by atoms with E-state index in [1.54, 1.807) is 18.4 Å². The van der Waals surface area contributed by atoms with Crippen LogP contribution in [-0.4, -0.2) is 50.3 Å². The van der Waals surface area contributed by atoms with Gasteiger partial charge in [-0.3, -0.25) is 0 Å². The van der Waals surface area contributed by atoms with Crippen molar-refractivity contribution < 1.29 is 4.74 Å². The first-order valence-electron chi connectivity index (χ1n) is 5.51. The van der Waals surface area contributed by atoms with E-state index >= 15 is 0 Å². The molecular weight excluding hydrogens is 222 g/mol. The number of ether oxygens (including phenoxy) is 1. The molecule has 4 nitrogen and oxygen atoms in total. The standard InChI is InChI=1S/C11H21N3OS/c1-10-13-11(9-16-10)8-12-4-5-14(2)6-7-15-3/h9,12H,4-8H2,1-3H3. The van der Waals surface area contributed by atoms with Crippen LogP contribution in [0, 0.1) is 6.92 Å². The van der Waals surface area contributed by atoms with E-state index in [0.29, 0.717) is 0 Å². The topological polar surface area (TPSA) is 37.4 Å². The van der Waals surface area contributed by atoms with Crippen LogP contribution in [0.25, 0.3) is 0 Å². The molecule has 92 valence electrons. The van der Waals surface area contributed by atoms with Crippen molar-refractivity contribution >= 4 is 11.3 Å². The predicted molar refractivity (Wildman–Crippen MR) is 67.9 cm³/mol. The lowest BCUT2D eigenvalue weighted by Gasteiger charge is -2.15. The van der Waals surface area contributed by atoms with Crippen molar-refractivity contribution in [3.05, 3.63) is 16.1 Å². The number of likely N-dealkylation sites (N-methyl/N-ethyl adjacent to an activating group) is 1. The highest BCUT2D eigenvalue weighted by Crippen LogP contribution is 2.06. The molecule has 0 unspecified atom stereocenters. The van der Waals surface area contributed by atoms with Crippen molar-refractivity contribution in [1.29, 1.82) is 0 Å². The van der Waals surface area contributed by atoms with E-state index in [4.69, 9.17) is 4.74 Å². The number of nitrogens with one attached hydrogen (secondary N) is 1. The van der Waals surface area contributed by atoms with Gasteiger partial charge in [0.25, 0.3) is 0 Å². The maximum atomic E-state index is 5.02. The van der Waals surface area contributed by atoms with E-state index in [1.807, 2.05) is 6.92 Å². The van der Waals surface area contributed by atoms with Gasteiger partial charge in [-0.1, -0.05) is 0 Å². The van der Waals surface area contributed by atoms with Crippen LogP contribution in [0.15, 0.2) is 5.38 Å². The zero-order valence-corrected chi connectivity index (χ0v) is 11.1. The minimum absolute atomic E-state index is 0.793. The summed E-state index contributed by atoms with van der Waals surface area (Å²) < 4.78 is 5.02. The quantitative estimate of drug-likeness (QED) is 0.694. The Kier molecular flexibility index (Phi) is 6.56. The lowest BCUT2D eigenvalue weighted by Crippen LogP contribution is -2.31. The minimum Gasteiger partial charge on any atom is -0.383 e. The molecule has 0 fully saturated rings. The summed E-state index contributed by atoms with van der Waals surface area (Å²) in [7, 11) is 3.84. The molecule has 0 aliphatic carbocycles. The van der Waals surface area contributed by atoms with E-state index in [0.717, 1.165) is 43.5 Å². The normalized spacial score (nSPS) is 11.2. The molecule has 0 aliphatic heterocycles. The summed E-state index contributed by atoms with van der Waals surface area (Å²) in [6.07, 6.45) is 0. The van der Waals surface area contributed by atoms with Gasteiger partial charge in [0.1, 0.15) is 0 Å². The monoisotopic (exact) mass is 243 g/mol. The molecule has 1 aromatic rings. The van der Waals surface area contributed by atoms with Crippen LogP contribution in [0.3, 0.4) is 0 Å². The van der Waals surface area contributed by atoms with Crippen molar-refractivity contribution in [3.63, 3.8) is 0 Å². The molecule has 0 spiro atoms. The van der Waals surface area contributed by atoms with Gasteiger partial charge in [-0.2, -0.15) is 0 Å². The van der Waals surface area contributed by atoms with E-state index in [9.17, 15) is 0 Å². The second kappa shape index (κ2) is 7.73. The summed E-state index contributed by atoms with van der Waals surface area (Å²) >= 11 is 1.70. The first kappa shape index (κ1) is 13.6. The average Bonchev–Trinajstić information content (AvgIpc) is 2.67. The Morgan fingerprint density at radius 3 is 2.94 bits per heavy atom. The number of hydrogen-bond acceptors (Lipinski definition) is 5. The summed E-state index contributed by atoms with van der Waals surface area (Å²) in [5, 5.41) is 6.63. The number of thiazole rings is 1. The summed E-state index contributed by atoms with van der Waals surface area (Å²) in [4.78, 5) is 6.65. The fraction of sp³-hybridized carbons (Fsp3) is 0.727. The molecular formula is C11H21N3OS. The molecule has 1 heterocycles. The van der Waals surface area contributed by atoms with Gasteiger partial charge in [-0.05, 0) is 14.0 Å². The molecule has 0 bridgehead atoms. The number of hydrogen-bond donors (Lipinski definition) is 1. The van der Waals surface area contributed by atoms with E-state index < -0.39 is 0 Å². The number of nitrogens with zero attached hydrogens (tertiary/aromatic N) is 2. The van der Waals surface area contributed by atoms with Gasteiger partial charge >= 0.3 is 0 Å². The van der Waals surface area contributed by atoms with Crippen LogP contribution in [0.5, 0.6) is 0 Å². The Balaban J connectivity index is 2.03. The van der Waals surface area contributed by atoms with Crippen LogP contribution in [-0.2, 0) is 11.3 Å². The van der Waals surface area contributed by atoms with E-state index in [-0.39, 0.29) is 0 Å². The second-order valence-electron chi connectivity index (χ2n) is 3.83. The van der Waals surface area contributed by atoms with Gasteiger partial charge in [-0.15, -0.1) is 11.3 Å². The van der Waals surface area contributed by atoms with Gasteiger partial charge in [0, 0.05) is 38.7 Å². The van der Waals surface area contributed by atoms with Crippen LogP contribution >= 0.6 is 11.3 Å². The highest BCUT2D eigenvalue weighted by Gasteiger charge is 1.99. The van der Waals surface area contributed by atoms with Crippen LogP contribution in [0.4, 0.5) is 0 Å². The van der Waals surface area contributed by atoms with Gasteiger partial charge < -0.3 is 15.0 Å². The lowest BCUT2D eigenvalue weighted by molar-refractivity contribution is 0.161. The van der Waals surface area contributed by atoms with Crippen LogP contribution < -0.4 is 5.32 Å². The number of methoxy groups -OCH3 is 1. The van der Waals surface area contributed by atoms with Crippen molar-refractivity contribution in [2.45, 2.75) is 13.5 Å². The molecule has 0 aromatic carbocycles. The SMILES string of the molecule is COCCN(C)CCNCc1csc(C)n1. The molecule has 1 rings (SSSR count). The predicted octanol–water partition coefficient (Wildman–Crippen LogP) is 1.12. The number of rotatable bonds is 8. The largest absolute Gasteiger partial charge is 0.383 e. The van der Waals surface area contributed by atoms with Crippen molar-refractivity contribution in [3.8, 4) is 0 Å². The smallest absolute Gasteiger partial charge is 0.0897 e. The fourth-order valence-electron chi connectivity index (χ4n) is 1.33. The first-order chi connectivity index (χ1) is 7.72. The fourth-order valence-corrected chi connectivity index (χ4v) is 1.95. The van der Waals surface area contributed by atoms with Gasteiger partial charge in [-0.25, -0.2) is 4.98 Å². The molecule has 0 atom stereocenters. The molecule has 0 aliphatic rings. The third-order valence-corrected chi connectivity index (χ3v) is 3.14. The second-order valence-corrected chi connectivity index (χ2v) is 4.89. The maximum Gasteiger partial charge on any atom is 0.0897 e. The van der Waals surface area contributed by atoms with Crippen molar-refractivity contribution in [2.24, 2.45) is 0 Å². The van der Waals surface area contributed by atoms with Gasteiger partial charge in [0.15, 0.2) is 0 Å². The minimum atomic E-state index is 0.793. The summed E-state index contributed by atoms with van der Waals surface area (Å²) in [5.41, 5.74) is 1.14. The Morgan fingerprint density at radius 2 is 2.31 bits per heavy atom. The van der Waals surface area contributed by atoms with E-state index in [1.165, 1.54) is 0 Å². The molecule has 0 saturated carbocycles. The maximum absolute atomic E-state index is 5.02. The van der Waals surface area contributed by atoms with Crippen LogP contribution in [0.2, 0.25) is 0 Å². The zero-order chi connectivity index (χ0) is 11.8. The summed E-state index contributed by atoms with van der Waals surface area (Å²) in [6, 6.07) is 0. The Bertz CT molecular complexity index is 291. The third kappa shape index (κ3) is 5.55. The molecule has 0 saturated heterocycles. The zero-order valence-electron chi connectivity index (χ0n) is 10.3. The molecule has 0 radical (unpaired) electrons. The van der Waals surface area contributed by atoms with Gasteiger partial charge in [0.05, 0.1) is 17.3 Å². The number of aryl methyl sites for hydroxylation is 1. The lowest BCUT2D eigenvalue weighted by atomic mass is 10.4. The molecule has 16 heavy (non-hydrogen) atoms. The first-order valence-corrected chi connectivity index (χ1v) is 6.39. The summed E-state index contributed by atoms with van der Waals surface area (Å²) in [5.74, 6) is 0. The van der Waals surface area contributed by atoms with Crippen molar-refractivity contribution in [1.82, 2.24) is 15.2 Å². The van der Waals surface area contributed by atoms with Crippen LogP contribution in [0.1, 0.15) is 10.7 Å². The Hall–Kier alpha value is -0.490. The molecule has 1 N–H and O–H groups in total. The average molecular weight is 243 g/mol. The highest BCUT2D eigenvalue weighted by molar-refractivity contribution is 7.09. The molecule has 5 heteroatoms. The number of aromatic nitrogens is 1. The van der Waals surface area contributed by atoms with Crippen molar-refractivity contribution in [2.75, 3.05) is 40.4 Å². The van der Waals surface area contributed by atoms with E-state index in [2.05, 4.69) is 27.6 Å².